The quantitative estimate of drug-likeness (QED) is 0.369. The lowest BCUT2D eigenvalue weighted by atomic mass is 9.83. The number of nitrogens with one attached hydrogen (secondary N) is 1. The normalized spacial score (nSPS) is 20.6. The number of aromatic amines is 1. The van der Waals surface area contributed by atoms with Gasteiger partial charge in [0.25, 0.3) is 0 Å². The van der Waals surface area contributed by atoms with Crippen molar-refractivity contribution in [2.24, 2.45) is 5.92 Å². The second-order valence-corrected chi connectivity index (χ2v) is 10.3. The molecule has 2 unspecified atom stereocenters. The van der Waals surface area contributed by atoms with E-state index < -0.39 is 23.1 Å². The topological polar surface area (TPSA) is 115 Å². The van der Waals surface area contributed by atoms with E-state index in [-0.39, 0.29) is 29.9 Å². The van der Waals surface area contributed by atoms with E-state index in [4.69, 9.17) is 14.2 Å². The highest BCUT2D eigenvalue weighted by atomic mass is 32.2. The number of rotatable bonds is 7. The molecular formula is C25H22N2O7S2. The van der Waals surface area contributed by atoms with Crippen LogP contribution in [0.2, 0.25) is 0 Å². The van der Waals surface area contributed by atoms with E-state index in [1.807, 2.05) is 0 Å². The molecule has 2 aliphatic heterocycles. The maximum atomic E-state index is 13.7. The fourth-order valence-electron chi connectivity index (χ4n) is 4.48. The summed E-state index contributed by atoms with van der Waals surface area (Å²) in [5.74, 6) is -1.20. The molecule has 3 atom stereocenters. The number of thiazole rings is 1. The van der Waals surface area contributed by atoms with Crippen LogP contribution in [0.4, 0.5) is 5.69 Å². The number of benzene rings is 2. The summed E-state index contributed by atoms with van der Waals surface area (Å²) in [6, 6.07) is 13.7. The van der Waals surface area contributed by atoms with Gasteiger partial charge >= 0.3 is 10.8 Å². The van der Waals surface area contributed by atoms with Gasteiger partial charge in [-0.3, -0.25) is 14.4 Å². The van der Waals surface area contributed by atoms with E-state index in [0.29, 0.717) is 22.2 Å². The van der Waals surface area contributed by atoms with E-state index in [1.165, 1.54) is 16.7 Å². The number of hydrogen-bond acceptors (Lipinski definition) is 9. The molecule has 0 spiro atoms. The van der Waals surface area contributed by atoms with Crippen molar-refractivity contribution >= 4 is 46.6 Å². The van der Waals surface area contributed by atoms with Crippen LogP contribution in [0.5, 0.6) is 11.5 Å². The van der Waals surface area contributed by atoms with Gasteiger partial charge in [0.1, 0.15) is 16.7 Å². The van der Waals surface area contributed by atoms with Crippen molar-refractivity contribution in [3.05, 3.63) is 68.6 Å². The van der Waals surface area contributed by atoms with Gasteiger partial charge in [-0.2, -0.15) is 0 Å². The Morgan fingerprint density at radius 1 is 1.00 bits per heavy atom. The maximum Gasteiger partial charge on any atom is 0.344 e. The third-order valence-corrected chi connectivity index (χ3v) is 8.46. The summed E-state index contributed by atoms with van der Waals surface area (Å²) < 4.78 is 15.5. The van der Waals surface area contributed by atoms with Gasteiger partial charge in [0, 0.05) is 10.8 Å². The molecule has 1 aromatic heterocycles. The highest BCUT2D eigenvalue weighted by Gasteiger charge is 2.56. The summed E-state index contributed by atoms with van der Waals surface area (Å²) in [6.07, 6.45) is 0. The Bertz CT molecular complexity index is 1360. The zero-order chi connectivity index (χ0) is 25.4. The minimum atomic E-state index is -0.685. The molecule has 2 amide bonds. The minimum absolute atomic E-state index is 0.217. The van der Waals surface area contributed by atoms with Crippen LogP contribution in [0, 0.1) is 5.92 Å². The molecule has 2 aromatic carbocycles. The summed E-state index contributed by atoms with van der Waals surface area (Å²) in [4.78, 5) is 55.5. The second kappa shape index (κ2) is 9.82. The first-order valence-electron chi connectivity index (χ1n) is 11.2. The average Bonchev–Trinajstić information content (AvgIpc) is 3.37. The van der Waals surface area contributed by atoms with Gasteiger partial charge in [0.2, 0.25) is 11.8 Å². The smallest absolute Gasteiger partial charge is 0.344 e. The number of amides is 2. The van der Waals surface area contributed by atoms with E-state index in [1.54, 1.807) is 62.6 Å². The van der Waals surface area contributed by atoms with Crippen molar-refractivity contribution in [3.63, 3.8) is 0 Å². The predicted octanol–water partition coefficient (Wildman–Crippen LogP) is 3.18. The van der Waals surface area contributed by atoms with E-state index >= 15 is 0 Å². The Balaban J connectivity index is 1.48. The average molecular weight is 527 g/mol. The summed E-state index contributed by atoms with van der Waals surface area (Å²) in [7, 11) is 1.54. The number of thioether (sulfide) groups is 1. The Morgan fingerprint density at radius 2 is 1.69 bits per heavy atom. The van der Waals surface area contributed by atoms with Gasteiger partial charge in [-0.05, 0) is 48.9 Å². The number of H-pyrrole nitrogens is 1. The number of esters is 1. The SMILES string of the molecule is CCOC(=O)COc1ccc([C@H]2c3sc(=O)[nH]c3SC3C(=O)N(c4ccc(OC)cc4)C(=O)C32)cc1. The summed E-state index contributed by atoms with van der Waals surface area (Å²) in [5, 5.41) is -0.0706. The zero-order valence-corrected chi connectivity index (χ0v) is 21.0. The molecule has 2 aliphatic rings. The van der Waals surface area contributed by atoms with Crippen LogP contribution in [-0.2, 0) is 19.1 Å². The first-order chi connectivity index (χ1) is 17.4. The molecule has 0 aliphatic carbocycles. The number of hydrogen-bond donors (Lipinski definition) is 1. The molecule has 5 rings (SSSR count). The van der Waals surface area contributed by atoms with Crippen molar-refractivity contribution in [3.8, 4) is 11.5 Å². The minimum Gasteiger partial charge on any atom is -0.497 e. The van der Waals surface area contributed by atoms with Crippen LogP contribution in [0.15, 0.2) is 58.4 Å². The van der Waals surface area contributed by atoms with Gasteiger partial charge in [-0.15, -0.1) is 0 Å². The third kappa shape index (κ3) is 4.28. The highest BCUT2D eigenvalue weighted by molar-refractivity contribution is 8.00. The standard InChI is InChI=1S/C25H22N2O7S2/c1-3-33-17(28)12-34-16-8-4-13(5-9-16)18-19-21(35-22-20(18)36-25(31)26-22)24(30)27(23(19)29)14-6-10-15(32-2)11-7-14/h4-11,18-19,21H,3,12H2,1-2H3,(H,26,31)/t18-,19?,21?/m1/s1. The largest absolute Gasteiger partial charge is 0.497 e. The monoisotopic (exact) mass is 526 g/mol. The van der Waals surface area contributed by atoms with E-state index in [2.05, 4.69) is 4.98 Å². The van der Waals surface area contributed by atoms with E-state index in [0.717, 1.165) is 21.8 Å². The van der Waals surface area contributed by atoms with Gasteiger partial charge in [-0.25, -0.2) is 9.69 Å². The van der Waals surface area contributed by atoms with Gasteiger partial charge in [0.15, 0.2) is 6.61 Å². The lowest BCUT2D eigenvalue weighted by molar-refractivity contribution is -0.145. The first kappa shape index (κ1) is 24.1. The molecule has 0 bridgehead atoms. The van der Waals surface area contributed by atoms with Crippen LogP contribution in [0.25, 0.3) is 0 Å². The highest BCUT2D eigenvalue weighted by Crippen LogP contribution is 2.53. The molecule has 3 aromatic rings. The molecule has 36 heavy (non-hydrogen) atoms. The fraction of sp³-hybridized carbons (Fsp3) is 0.280. The van der Waals surface area contributed by atoms with Gasteiger partial charge in [-0.1, -0.05) is 35.2 Å². The Kier molecular flexibility index (Phi) is 6.59. The zero-order valence-electron chi connectivity index (χ0n) is 19.4. The number of carbonyl (C=O) groups excluding carboxylic acids is 3. The van der Waals surface area contributed by atoms with Crippen molar-refractivity contribution in [2.45, 2.75) is 23.1 Å². The molecule has 0 radical (unpaired) electrons. The fourth-order valence-corrected chi connectivity index (χ4v) is 6.99. The maximum absolute atomic E-state index is 13.7. The molecule has 1 fully saturated rings. The summed E-state index contributed by atoms with van der Waals surface area (Å²) >= 11 is 2.27. The number of aromatic nitrogens is 1. The van der Waals surface area contributed by atoms with Crippen molar-refractivity contribution in [2.75, 3.05) is 25.2 Å². The summed E-state index contributed by atoms with van der Waals surface area (Å²) in [6.45, 7) is 1.77. The van der Waals surface area contributed by atoms with Crippen LogP contribution in [0.1, 0.15) is 23.3 Å². The van der Waals surface area contributed by atoms with Crippen LogP contribution in [0.3, 0.4) is 0 Å². The molecule has 186 valence electrons. The second-order valence-electron chi connectivity index (χ2n) is 8.12. The summed E-state index contributed by atoms with van der Waals surface area (Å²) in [5.41, 5.74) is 1.24. The number of carbonyl (C=O) groups is 3. The number of nitrogens with zero attached hydrogens (tertiary/aromatic N) is 1. The number of methoxy groups -OCH3 is 1. The molecule has 0 saturated carbocycles. The molecule has 11 heteroatoms. The van der Waals surface area contributed by atoms with Crippen molar-refractivity contribution < 1.29 is 28.6 Å². The molecule has 1 saturated heterocycles. The first-order valence-corrected chi connectivity index (χ1v) is 12.9. The molecular weight excluding hydrogens is 504 g/mol. The van der Waals surface area contributed by atoms with Gasteiger partial charge in [0.05, 0.1) is 30.3 Å². The van der Waals surface area contributed by atoms with Crippen LogP contribution >= 0.6 is 23.1 Å². The number of imide groups is 1. The third-order valence-electron chi connectivity index (χ3n) is 6.06. The molecule has 1 N–H and O–H groups in total. The van der Waals surface area contributed by atoms with Crippen LogP contribution in [-0.4, -0.2) is 48.3 Å². The number of fused-ring (bicyclic) bond motifs is 2. The van der Waals surface area contributed by atoms with Crippen LogP contribution < -0.4 is 19.2 Å². The van der Waals surface area contributed by atoms with Crippen molar-refractivity contribution in [1.82, 2.24) is 4.98 Å². The number of ether oxygens (including phenoxy) is 3. The lowest BCUT2D eigenvalue weighted by Crippen LogP contribution is -2.32. The van der Waals surface area contributed by atoms with E-state index in [9.17, 15) is 19.2 Å². The van der Waals surface area contributed by atoms with Crippen molar-refractivity contribution in [1.29, 1.82) is 0 Å². The molecule has 9 nitrogen and oxygen atoms in total. The Labute approximate surface area is 214 Å². The van der Waals surface area contributed by atoms with Gasteiger partial charge < -0.3 is 19.2 Å². The Morgan fingerprint density at radius 3 is 2.36 bits per heavy atom. The lowest BCUT2D eigenvalue weighted by Gasteiger charge is -2.29. The number of anilines is 1. The predicted molar refractivity (Wildman–Crippen MR) is 134 cm³/mol. The Hall–Kier alpha value is -3.57. The molecule has 3 heterocycles.